The molecule has 1 N–H and O–H groups in total. The van der Waals surface area contributed by atoms with Crippen LogP contribution in [0.3, 0.4) is 0 Å². The van der Waals surface area contributed by atoms with Gasteiger partial charge in [-0.15, -0.1) is 0 Å². The van der Waals surface area contributed by atoms with Crippen molar-refractivity contribution in [3.63, 3.8) is 0 Å². The molecule has 0 spiro atoms. The maximum Gasteiger partial charge on any atom is 0.250 e. The van der Waals surface area contributed by atoms with E-state index in [2.05, 4.69) is 27.9 Å². The largest absolute Gasteiger partial charge is 0.382 e. The maximum absolute atomic E-state index is 11.4. The molecule has 0 aliphatic heterocycles. The highest BCUT2D eigenvalue weighted by atomic mass is 127. The first kappa shape index (κ1) is 13.4. The van der Waals surface area contributed by atoms with E-state index in [1.165, 1.54) is 0 Å². The van der Waals surface area contributed by atoms with Crippen LogP contribution in [0.4, 0.5) is 5.69 Å². The Morgan fingerprint density at radius 3 is 2.94 bits per heavy atom. The number of amides is 1. The number of carbonyl (C=O) groups excluding carboxylic acids is 1. The minimum absolute atomic E-state index is 0.0504. The van der Waals surface area contributed by atoms with Crippen LogP contribution in [0.2, 0.25) is 0 Å². The Bertz CT molecular complexity index is 344. The Hall–Kier alpha value is -0.660. The third-order valence-corrected chi connectivity index (χ3v) is 2.44. The fraction of sp³-hybridized carbons (Fsp3) is 0.364. The van der Waals surface area contributed by atoms with Gasteiger partial charge in [0, 0.05) is 16.4 Å². The van der Waals surface area contributed by atoms with Crippen molar-refractivity contribution in [1.29, 1.82) is 0 Å². The maximum atomic E-state index is 11.4. The number of hydrogen-bond donors (Lipinski definition) is 1. The van der Waals surface area contributed by atoms with E-state index in [9.17, 15) is 4.79 Å². The van der Waals surface area contributed by atoms with Crippen LogP contribution < -0.4 is 5.32 Å². The quantitative estimate of drug-likeness (QED) is 0.638. The van der Waals surface area contributed by atoms with E-state index in [4.69, 9.17) is 9.47 Å². The van der Waals surface area contributed by atoms with Crippen molar-refractivity contribution >= 4 is 34.2 Å². The normalized spacial score (nSPS) is 10.1. The van der Waals surface area contributed by atoms with Gasteiger partial charge < -0.3 is 14.8 Å². The number of anilines is 1. The Labute approximate surface area is 108 Å². The zero-order valence-electron chi connectivity index (χ0n) is 9.03. The van der Waals surface area contributed by atoms with Crippen LogP contribution in [-0.4, -0.2) is 32.8 Å². The molecule has 4 nitrogen and oxygen atoms in total. The van der Waals surface area contributed by atoms with Gasteiger partial charge in [0.05, 0.1) is 13.2 Å². The van der Waals surface area contributed by atoms with E-state index in [1.807, 2.05) is 24.3 Å². The van der Waals surface area contributed by atoms with Crippen LogP contribution >= 0.6 is 22.6 Å². The molecule has 0 aliphatic carbocycles. The molecule has 0 atom stereocenters. The summed E-state index contributed by atoms with van der Waals surface area (Å²) in [6, 6.07) is 7.59. The van der Waals surface area contributed by atoms with Gasteiger partial charge >= 0.3 is 0 Å². The monoisotopic (exact) mass is 335 g/mol. The number of carbonyl (C=O) groups is 1. The molecule has 0 bridgehead atoms. The highest BCUT2D eigenvalue weighted by Gasteiger charge is 2.02. The van der Waals surface area contributed by atoms with Gasteiger partial charge in [0.25, 0.3) is 0 Å². The minimum atomic E-state index is -0.155. The van der Waals surface area contributed by atoms with Crippen molar-refractivity contribution in [2.75, 3.05) is 32.2 Å². The predicted molar refractivity (Wildman–Crippen MR) is 70.5 cm³/mol. The summed E-state index contributed by atoms with van der Waals surface area (Å²) in [7, 11) is 1.59. The summed E-state index contributed by atoms with van der Waals surface area (Å²) < 4.78 is 11.0. The van der Waals surface area contributed by atoms with E-state index in [0.717, 1.165) is 9.26 Å². The van der Waals surface area contributed by atoms with Crippen molar-refractivity contribution in [2.24, 2.45) is 0 Å². The SMILES string of the molecule is COCCOCC(=O)Nc1cccc(I)c1. The molecule has 16 heavy (non-hydrogen) atoms. The highest BCUT2D eigenvalue weighted by Crippen LogP contribution is 2.11. The van der Waals surface area contributed by atoms with Crippen molar-refractivity contribution < 1.29 is 14.3 Å². The summed E-state index contributed by atoms with van der Waals surface area (Å²) in [5, 5.41) is 2.75. The second-order valence-corrected chi connectivity index (χ2v) is 4.35. The summed E-state index contributed by atoms with van der Waals surface area (Å²) >= 11 is 2.19. The number of rotatable bonds is 6. The highest BCUT2D eigenvalue weighted by molar-refractivity contribution is 14.1. The molecular weight excluding hydrogens is 321 g/mol. The lowest BCUT2D eigenvalue weighted by Crippen LogP contribution is -2.19. The number of ether oxygens (including phenoxy) is 2. The molecule has 1 amide bonds. The number of halogens is 1. The van der Waals surface area contributed by atoms with Crippen molar-refractivity contribution in [1.82, 2.24) is 0 Å². The second kappa shape index (κ2) is 7.59. The summed E-state index contributed by atoms with van der Waals surface area (Å²) in [6.45, 7) is 0.974. The van der Waals surface area contributed by atoms with Gasteiger partial charge in [-0.3, -0.25) is 4.79 Å². The van der Waals surface area contributed by atoms with Gasteiger partial charge in [-0.25, -0.2) is 0 Å². The standard InChI is InChI=1S/C11H14INO3/c1-15-5-6-16-8-11(14)13-10-4-2-3-9(12)7-10/h2-4,7H,5-6,8H2,1H3,(H,13,14). The van der Waals surface area contributed by atoms with Crippen LogP contribution in [0.5, 0.6) is 0 Å². The summed E-state index contributed by atoms with van der Waals surface area (Å²) in [6.07, 6.45) is 0. The third kappa shape index (κ3) is 5.43. The summed E-state index contributed by atoms with van der Waals surface area (Å²) in [4.78, 5) is 11.4. The Balaban J connectivity index is 2.29. The fourth-order valence-corrected chi connectivity index (χ4v) is 1.61. The van der Waals surface area contributed by atoms with Gasteiger partial charge in [0.1, 0.15) is 6.61 Å². The molecule has 0 aliphatic rings. The zero-order chi connectivity index (χ0) is 11.8. The van der Waals surface area contributed by atoms with Crippen molar-refractivity contribution in [2.45, 2.75) is 0 Å². The fourth-order valence-electron chi connectivity index (χ4n) is 1.07. The van der Waals surface area contributed by atoms with E-state index in [-0.39, 0.29) is 12.5 Å². The molecule has 0 saturated carbocycles. The Morgan fingerprint density at radius 1 is 1.44 bits per heavy atom. The van der Waals surface area contributed by atoms with Gasteiger partial charge in [-0.2, -0.15) is 0 Å². The molecule has 1 aromatic carbocycles. The van der Waals surface area contributed by atoms with E-state index in [1.54, 1.807) is 7.11 Å². The summed E-state index contributed by atoms with van der Waals surface area (Å²) in [5.74, 6) is -0.155. The first-order chi connectivity index (χ1) is 7.72. The molecule has 0 fully saturated rings. The topological polar surface area (TPSA) is 47.6 Å². The van der Waals surface area contributed by atoms with Crippen LogP contribution in [0, 0.1) is 3.57 Å². The lowest BCUT2D eigenvalue weighted by atomic mass is 10.3. The number of nitrogens with one attached hydrogen (secondary N) is 1. The molecule has 0 saturated heterocycles. The average Bonchev–Trinajstić information content (AvgIpc) is 2.24. The lowest BCUT2D eigenvalue weighted by Gasteiger charge is -2.06. The molecule has 1 rings (SSSR count). The van der Waals surface area contributed by atoms with E-state index < -0.39 is 0 Å². The lowest BCUT2D eigenvalue weighted by molar-refractivity contribution is -0.121. The van der Waals surface area contributed by atoms with Crippen LogP contribution in [0.25, 0.3) is 0 Å². The minimum Gasteiger partial charge on any atom is -0.382 e. The van der Waals surface area contributed by atoms with Gasteiger partial charge in [-0.05, 0) is 40.8 Å². The average molecular weight is 335 g/mol. The van der Waals surface area contributed by atoms with E-state index >= 15 is 0 Å². The predicted octanol–water partition coefficient (Wildman–Crippen LogP) is 1.89. The van der Waals surface area contributed by atoms with Crippen LogP contribution in [-0.2, 0) is 14.3 Å². The van der Waals surface area contributed by atoms with Gasteiger partial charge in [-0.1, -0.05) is 6.07 Å². The Morgan fingerprint density at radius 2 is 2.25 bits per heavy atom. The number of benzene rings is 1. The molecule has 0 heterocycles. The molecular formula is C11H14INO3. The van der Waals surface area contributed by atoms with Crippen molar-refractivity contribution in [3.05, 3.63) is 27.8 Å². The van der Waals surface area contributed by atoms with Crippen LogP contribution in [0.1, 0.15) is 0 Å². The molecule has 88 valence electrons. The molecule has 0 radical (unpaired) electrons. The van der Waals surface area contributed by atoms with E-state index in [0.29, 0.717) is 13.2 Å². The first-order valence-electron chi connectivity index (χ1n) is 4.84. The number of methoxy groups -OCH3 is 1. The molecule has 0 unspecified atom stereocenters. The summed E-state index contributed by atoms with van der Waals surface area (Å²) in [5.41, 5.74) is 0.784. The molecule has 1 aromatic rings. The van der Waals surface area contributed by atoms with Crippen molar-refractivity contribution in [3.8, 4) is 0 Å². The first-order valence-corrected chi connectivity index (χ1v) is 5.92. The third-order valence-electron chi connectivity index (χ3n) is 1.77. The smallest absolute Gasteiger partial charge is 0.250 e. The molecule has 0 aromatic heterocycles. The van der Waals surface area contributed by atoms with Gasteiger partial charge in [0.2, 0.25) is 5.91 Å². The Kier molecular flexibility index (Phi) is 6.36. The molecule has 5 heteroatoms. The van der Waals surface area contributed by atoms with Crippen LogP contribution in [0.15, 0.2) is 24.3 Å². The second-order valence-electron chi connectivity index (χ2n) is 3.10. The zero-order valence-corrected chi connectivity index (χ0v) is 11.2. The van der Waals surface area contributed by atoms with Gasteiger partial charge in [0.15, 0.2) is 0 Å². The number of hydrogen-bond acceptors (Lipinski definition) is 3.